The highest BCUT2D eigenvalue weighted by Crippen LogP contribution is 2.27. The summed E-state index contributed by atoms with van der Waals surface area (Å²) < 4.78 is 5.62. The summed E-state index contributed by atoms with van der Waals surface area (Å²) in [6, 6.07) is 6.41. The van der Waals surface area contributed by atoms with Gasteiger partial charge in [0.25, 0.3) is 0 Å². The van der Waals surface area contributed by atoms with Gasteiger partial charge in [0.2, 0.25) is 5.88 Å². The molecule has 5 heteroatoms. The zero-order chi connectivity index (χ0) is 11.0. The molecule has 0 aliphatic heterocycles. The first-order valence-electron chi connectivity index (χ1n) is 4.22. The fourth-order valence-corrected chi connectivity index (χ4v) is 1.64. The molecule has 0 bridgehead atoms. The third kappa shape index (κ3) is 1.53. The smallest absolute Gasteiger partial charge is 0.421 e. The molecule has 0 spiro atoms. The maximum Gasteiger partial charge on any atom is 0.421 e. The van der Waals surface area contributed by atoms with E-state index in [1.165, 1.54) is 13.2 Å². The highest BCUT2D eigenvalue weighted by atomic mass is 35.5. The molecule has 4 nitrogen and oxygen atoms in total. The molecule has 0 aliphatic carbocycles. The van der Waals surface area contributed by atoms with Gasteiger partial charge in [-0.3, -0.25) is 0 Å². The van der Waals surface area contributed by atoms with Crippen molar-refractivity contribution in [2.75, 3.05) is 7.11 Å². The summed E-state index contributed by atoms with van der Waals surface area (Å²) in [5.74, 6) is -0.167. The lowest BCUT2D eigenvalue weighted by Gasteiger charge is -2.02. The van der Waals surface area contributed by atoms with Crippen LogP contribution in [0.4, 0.5) is 4.79 Å². The predicted molar refractivity (Wildman–Crippen MR) is 56.4 cm³/mol. The van der Waals surface area contributed by atoms with Gasteiger partial charge in [-0.1, -0.05) is 11.6 Å². The van der Waals surface area contributed by atoms with Crippen molar-refractivity contribution in [1.82, 2.24) is 4.57 Å². The number of rotatable bonds is 0. The molecular weight excluding hydrogens is 218 g/mol. The van der Waals surface area contributed by atoms with E-state index in [4.69, 9.17) is 11.6 Å². The van der Waals surface area contributed by atoms with Crippen LogP contribution in [0.5, 0.6) is 5.88 Å². The number of carbonyl (C=O) groups excluding carboxylic acids is 1. The van der Waals surface area contributed by atoms with Gasteiger partial charge >= 0.3 is 6.09 Å². The molecule has 0 unspecified atom stereocenters. The monoisotopic (exact) mass is 225 g/mol. The third-order valence-electron chi connectivity index (χ3n) is 2.10. The SMILES string of the molecule is COC(=O)n1c(O)cc2cc(Cl)ccc21. The summed E-state index contributed by atoms with van der Waals surface area (Å²) in [5, 5.41) is 10.8. The van der Waals surface area contributed by atoms with Crippen molar-refractivity contribution in [2.45, 2.75) is 0 Å². The molecule has 0 saturated heterocycles. The number of ether oxygens (including phenoxy) is 1. The van der Waals surface area contributed by atoms with Gasteiger partial charge < -0.3 is 9.84 Å². The summed E-state index contributed by atoms with van der Waals surface area (Å²) in [6.45, 7) is 0. The lowest BCUT2D eigenvalue weighted by atomic mass is 10.2. The van der Waals surface area contributed by atoms with Crippen molar-refractivity contribution >= 4 is 28.6 Å². The lowest BCUT2D eigenvalue weighted by Crippen LogP contribution is -2.10. The first-order chi connectivity index (χ1) is 7.13. The molecule has 15 heavy (non-hydrogen) atoms. The Kier molecular flexibility index (Phi) is 2.28. The van der Waals surface area contributed by atoms with Crippen LogP contribution in [0.1, 0.15) is 0 Å². The van der Waals surface area contributed by atoms with Gasteiger partial charge in [0.1, 0.15) is 0 Å². The van der Waals surface area contributed by atoms with Crippen molar-refractivity contribution in [2.24, 2.45) is 0 Å². The average Bonchev–Trinajstić information content (AvgIpc) is 2.52. The van der Waals surface area contributed by atoms with Gasteiger partial charge in [-0.05, 0) is 18.2 Å². The Morgan fingerprint density at radius 1 is 1.47 bits per heavy atom. The highest BCUT2D eigenvalue weighted by molar-refractivity contribution is 6.31. The Hall–Kier alpha value is -1.68. The van der Waals surface area contributed by atoms with Crippen molar-refractivity contribution in [3.8, 4) is 5.88 Å². The molecule has 0 amide bonds. The Balaban J connectivity index is 2.73. The van der Waals surface area contributed by atoms with E-state index < -0.39 is 6.09 Å². The second kappa shape index (κ2) is 3.47. The van der Waals surface area contributed by atoms with Crippen LogP contribution in [0.15, 0.2) is 24.3 Å². The molecular formula is C10H8ClNO3. The number of aromatic hydroxyl groups is 1. The van der Waals surface area contributed by atoms with E-state index in [2.05, 4.69) is 4.74 Å². The van der Waals surface area contributed by atoms with Crippen LogP contribution in [-0.4, -0.2) is 22.9 Å². The van der Waals surface area contributed by atoms with Crippen LogP contribution in [-0.2, 0) is 4.74 Å². The Labute approximate surface area is 90.6 Å². The Bertz CT molecular complexity index is 533. The number of methoxy groups -OCH3 is 1. The average molecular weight is 226 g/mol. The van der Waals surface area contributed by atoms with E-state index in [1.807, 2.05) is 0 Å². The van der Waals surface area contributed by atoms with Gasteiger partial charge in [0.15, 0.2) is 0 Å². The number of benzene rings is 1. The second-order valence-corrected chi connectivity index (χ2v) is 3.45. The number of hydrogen-bond donors (Lipinski definition) is 1. The fourth-order valence-electron chi connectivity index (χ4n) is 1.45. The number of halogens is 1. The minimum absolute atomic E-state index is 0.167. The maximum atomic E-state index is 11.3. The summed E-state index contributed by atoms with van der Waals surface area (Å²) in [6.07, 6.45) is -0.634. The lowest BCUT2D eigenvalue weighted by molar-refractivity contribution is 0.171. The normalized spacial score (nSPS) is 10.5. The molecule has 0 radical (unpaired) electrons. The van der Waals surface area contributed by atoms with E-state index in [0.29, 0.717) is 15.9 Å². The van der Waals surface area contributed by atoms with Gasteiger partial charge in [0, 0.05) is 16.5 Å². The first kappa shape index (κ1) is 9.86. The van der Waals surface area contributed by atoms with Crippen LogP contribution < -0.4 is 0 Å². The molecule has 0 fully saturated rings. The zero-order valence-electron chi connectivity index (χ0n) is 7.90. The quantitative estimate of drug-likeness (QED) is 0.750. The number of carbonyl (C=O) groups is 1. The minimum atomic E-state index is -0.634. The molecule has 78 valence electrons. The molecule has 0 aliphatic rings. The highest BCUT2D eigenvalue weighted by Gasteiger charge is 2.14. The van der Waals surface area contributed by atoms with E-state index >= 15 is 0 Å². The summed E-state index contributed by atoms with van der Waals surface area (Å²) >= 11 is 5.79. The first-order valence-corrected chi connectivity index (χ1v) is 4.59. The topological polar surface area (TPSA) is 51.5 Å². The summed E-state index contributed by atoms with van der Waals surface area (Å²) in [7, 11) is 1.25. The van der Waals surface area contributed by atoms with Gasteiger partial charge in [-0.2, -0.15) is 0 Å². The van der Waals surface area contributed by atoms with E-state index in [1.54, 1.807) is 18.2 Å². The minimum Gasteiger partial charge on any atom is -0.494 e. The standard InChI is InChI=1S/C10H8ClNO3/c1-15-10(14)12-8-3-2-7(11)4-6(8)5-9(12)13/h2-5,13H,1H3. The van der Waals surface area contributed by atoms with Gasteiger partial charge in [-0.25, -0.2) is 9.36 Å². The predicted octanol–water partition coefficient (Wildman–Crippen LogP) is 2.61. The second-order valence-electron chi connectivity index (χ2n) is 3.01. The van der Waals surface area contributed by atoms with E-state index in [0.717, 1.165) is 4.57 Å². The van der Waals surface area contributed by atoms with Crippen LogP contribution >= 0.6 is 11.6 Å². The van der Waals surface area contributed by atoms with E-state index in [9.17, 15) is 9.90 Å². The van der Waals surface area contributed by atoms with Crippen molar-refractivity contribution in [3.05, 3.63) is 29.3 Å². The molecule has 0 atom stereocenters. The largest absolute Gasteiger partial charge is 0.494 e. The number of aromatic nitrogens is 1. The van der Waals surface area contributed by atoms with Crippen LogP contribution in [0.2, 0.25) is 5.02 Å². The van der Waals surface area contributed by atoms with Gasteiger partial charge in [-0.15, -0.1) is 0 Å². The number of hydrogen-bond acceptors (Lipinski definition) is 3. The van der Waals surface area contributed by atoms with Crippen molar-refractivity contribution < 1.29 is 14.6 Å². The Morgan fingerprint density at radius 3 is 2.87 bits per heavy atom. The summed E-state index contributed by atoms with van der Waals surface area (Å²) in [4.78, 5) is 11.3. The van der Waals surface area contributed by atoms with E-state index in [-0.39, 0.29) is 5.88 Å². The van der Waals surface area contributed by atoms with Crippen LogP contribution in [0.3, 0.4) is 0 Å². The number of nitrogens with zero attached hydrogens (tertiary/aromatic N) is 1. The van der Waals surface area contributed by atoms with Crippen molar-refractivity contribution in [3.63, 3.8) is 0 Å². The van der Waals surface area contributed by atoms with Crippen molar-refractivity contribution in [1.29, 1.82) is 0 Å². The molecule has 1 N–H and O–H groups in total. The molecule has 1 aromatic heterocycles. The molecule has 1 aromatic carbocycles. The Morgan fingerprint density at radius 2 is 2.20 bits per heavy atom. The molecule has 0 saturated carbocycles. The molecule has 2 aromatic rings. The molecule has 1 heterocycles. The molecule has 2 rings (SSSR count). The van der Waals surface area contributed by atoms with Crippen LogP contribution in [0, 0.1) is 0 Å². The summed E-state index contributed by atoms with van der Waals surface area (Å²) in [5.41, 5.74) is 0.559. The van der Waals surface area contributed by atoms with Crippen LogP contribution in [0.25, 0.3) is 10.9 Å². The van der Waals surface area contributed by atoms with Gasteiger partial charge in [0.05, 0.1) is 12.6 Å². The number of fused-ring (bicyclic) bond motifs is 1. The third-order valence-corrected chi connectivity index (χ3v) is 2.34. The maximum absolute atomic E-state index is 11.3. The zero-order valence-corrected chi connectivity index (χ0v) is 8.65. The fraction of sp³-hybridized carbons (Fsp3) is 0.100.